The van der Waals surface area contributed by atoms with Crippen LogP contribution in [-0.2, 0) is 4.79 Å². The van der Waals surface area contributed by atoms with E-state index in [4.69, 9.17) is 0 Å². The summed E-state index contributed by atoms with van der Waals surface area (Å²) < 4.78 is 0. The molecular formula is C15H29NO. The Hall–Kier alpha value is -0.530. The van der Waals surface area contributed by atoms with Gasteiger partial charge in [0.2, 0.25) is 5.91 Å². The van der Waals surface area contributed by atoms with Crippen molar-refractivity contribution in [3.8, 4) is 0 Å². The van der Waals surface area contributed by atoms with Crippen molar-refractivity contribution in [3.05, 3.63) is 0 Å². The smallest absolute Gasteiger partial charge is 0.223 e. The third-order valence-electron chi connectivity index (χ3n) is 4.13. The molecule has 0 heterocycles. The Morgan fingerprint density at radius 1 is 1.29 bits per heavy atom. The second-order valence-electron chi connectivity index (χ2n) is 5.55. The van der Waals surface area contributed by atoms with Crippen LogP contribution >= 0.6 is 0 Å². The molecule has 1 fully saturated rings. The van der Waals surface area contributed by atoms with Gasteiger partial charge in [0.1, 0.15) is 0 Å². The molecule has 1 rings (SSSR count). The first-order valence-electron chi connectivity index (χ1n) is 7.48. The van der Waals surface area contributed by atoms with Gasteiger partial charge in [-0.15, -0.1) is 0 Å². The van der Waals surface area contributed by atoms with Crippen LogP contribution < -0.4 is 0 Å². The molecule has 0 radical (unpaired) electrons. The Morgan fingerprint density at radius 3 is 2.47 bits per heavy atom. The molecule has 0 aromatic rings. The lowest BCUT2D eigenvalue weighted by molar-refractivity contribution is -0.134. The van der Waals surface area contributed by atoms with Crippen molar-refractivity contribution in [2.24, 2.45) is 5.92 Å². The molecule has 1 aliphatic rings. The van der Waals surface area contributed by atoms with Gasteiger partial charge in [-0.3, -0.25) is 4.79 Å². The van der Waals surface area contributed by atoms with E-state index >= 15 is 0 Å². The molecule has 2 nitrogen and oxygen atoms in total. The van der Waals surface area contributed by atoms with Gasteiger partial charge in [0.25, 0.3) is 0 Å². The van der Waals surface area contributed by atoms with Gasteiger partial charge in [-0.2, -0.15) is 0 Å². The number of carbonyl (C=O) groups excluding carboxylic acids is 1. The molecule has 1 atom stereocenters. The van der Waals surface area contributed by atoms with Crippen LogP contribution in [0.15, 0.2) is 0 Å². The number of hydrogen-bond acceptors (Lipinski definition) is 1. The van der Waals surface area contributed by atoms with Crippen molar-refractivity contribution in [1.29, 1.82) is 0 Å². The third kappa shape index (κ3) is 4.69. The van der Waals surface area contributed by atoms with Gasteiger partial charge < -0.3 is 4.90 Å². The maximum Gasteiger partial charge on any atom is 0.223 e. The Balaban J connectivity index is 2.45. The van der Waals surface area contributed by atoms with Gasteiger partial charge in [-0.25, -0.2) is 0 Å². The molecule has 0 spiro atoms. The summed E-state index contributed by atoms with van der Waals surface area (Å²) in [5.41, 5.74) is 0. The fourth-order valence-electron chi connectivity index (χ4n) is 2.72. The van der Waals surface area contributed by atoms with Crippen LogP contribution in [0.5, 0.6) is 0 Å². The van der Waals surface area contributed by atoms with E-state index in [2.05, 4.69) is 25.7 Å². The van der Waals surface area contributed by atoms with Crippen LogP contribution in [0.25, 0.3) is 0 Å². The predicted octanol–water partition coefficient (Wildman–Crippen LogP) is 3.99. The van der Waals surface area contributed by atoms with Crippen LogP contribution in [0.1, 0.15) is 72.1 Å². The average molecular weight is 239 g/mol. The quantitative estimate of drug-likeness (QED) is 0.657. The van der Waals surface area contributed by atoms with E-state index < -0.39 is 0 Å². The SMILES string of the molecule is CCCCN(C(=O)CC1CCCC1)C(C)CC. The summed E-state index contributed by atoms with van der Waals surface area (Å²) in [7, 11) is 0. The summed E-state index contributed by atoms with van der Waals surface area (Å²) in [5.74, 6) is 1.08. The van der Waals surface area contributed by atoms with Crippen molar-refractivity contribution in [2.75, 3.05) is 6.54 Å². The molecule has 2 heteroatoms. The largest absolute Gasteiger partial charge is 0.340 e. The molecular weight excluding hydrogens is 210 g/mol. The monoisotopic (exact) mass is 239 g/mol. The lowest BCUT2D eigenvalue weighted by atomic mass is 10.0. The van der Waals surface area contributed by atoms with Crippen LogP contribution in [0.4, 0.5) is 0 Å². The number of hydrogen-bond donors (Lipinski definition) is 0. The summed E-state index contributed by atoms with van der Waals surface area (Å²) in [5, 5.41) is 0. The van der Waals surface area contributed by atoms with E-state index in [9.17, 15) is 4.79 Å². The van der Waals surface area contributed by atoms with Crippen LogP contribution in [0.2, 0.25) is 0 Å². The molecule has 1 amide bonds. The summed E-state index contributed by atoms with van der Waals surface area (Å²) in [4.78, 5) is 14.5. The highest BCUT2D eigenvalue weighted by Gasteiger charge is 2.23. The first-order chi connectivity index (χ1) is 8.19. The zero-order chi connectivity index (χ0) is 12.7. The maximum absolute atomic E-state index is 12.3. The van der Waals surface area contributed by atoms with Crippen molar-refractivity contribution in [1.82, 2.24) is 4.90 Å². The average Bonchev–Trinajstić information content (AvgIpc) is 2.81. The summed E-state index contributed by atoms with van der Waals surface area (Å²) >= 11 is 0. The Bertz CT molecular complexity index is 221. The van der Waals surface area contributed by atoms with Gasteiger partial charge in [-0.1, -0.05) is 33.1 Å². The zero-order valence-electron chi connectivity index (χ0n) is 11.9. The van der Waals surface area contributed by atoms with Crippen molar-refractivity contribution in [3.63, 3.8) is 0 Å². The number of carbonyl (C=O) groups is 1. The molecule has 1 unspecified atom stereocenters. The Morgan fingerprint density at radius 2 is 1.94 bits per heavy atom. The normalized spacial score (nSPS) is 18.3. The van der Waals surface area contributed by atoms with Crippen LogP contribution in [-0.4, -0.2) is 23.4 Å². The fourth-order valence-corrected chi connectivity index (χ4v) is 2.72. The maximum atomic E-state index is 12.3. The summed E-state index contributed by atoms with van der Waals surface area (Å²) in [6, 6.07) is 0.412. The van der Waals surface area contributed by atoms with Gasteiger partial charge in [0.05, 0.1) is 0 Å². The van der Waals surface area contributed by atoms with Crippen molar-refractivity contribution in [2.45, 2.75) is 78.2 Å². The molecule has 1 aliphatic carbocycles. The van der Waals surface area contributed by atoms with E-state index in [1.165, 1.54) is 32.1 Å². The minimum Gasteiger partial charge on any atom is -0.340 e. The number of rotatable bonds is 7. The standard InChI is InChI=1S/C15H29NO/c1-4-6-11-16(13(3)5-2)15(17)12-14-9-7-8-10-14/h13-14H,4-12H2,1-3H3. The lowest BCUT2D eigenvalue weighted by Crippen LogP contribution is -2.39. The van der Waals surface area contributed by atoms with Crippen molar-refractivity contribution < 1.29 is 4.79 Å². The van der Waals surface area contributed by atoms with Crippen LogP contribution in [0, 0.1) is 5.92 Å². The molecule has 0 N–H and O–H groups in total. The molecule has 100 valence electrons. The molecule has 0 aromatic carbocycles. The number of amides is 1. The fraction of sp³-hybridized carbons (Fsp3) is 0.933. The first kappa shape index (κ1) is 14.5. The second-order valence-corrected chi connectivity index (χ2v) is 5.55. The lowest BCUT2D eigenvalue weighted by Gasteiger charge is -2.29. The molecule has 0 bridgehead atoms. The molecule has 0 aromatic heterocycles. The second kappa shape index (κ2) is 7.73. The Kier molecular flexibility index (Phi) is 6.61. The molecule has 0 aliphatic heterocycles. The molecule has 0 saturated heterocycles. The third-order valence-corrected chi connectivity index (χ3v) is 4.13. The van der Waals surface area contributed by atoms with E-state index in [0.29, 0.717) is 17.9 Å². The van der Waals surface area contributed by atoms with Crippen LogP contribution in [0.3, 0.4) is 0 Å². The van der Waals surface area contributed by atoms with Gasteiger partial charge >= 0.3 is 0 Å². The minimum absolute atomic E-state index is 0.403. The van der Waals surface area contributed by atoms with Gasteiger partial charge in [0.15, 0.2) is 0 Å². The molecule has 1 saturated carbocycles. The van der Waals surface area contributed by atoms with Gasteiger partial charge in [-0.05, 0) is 38.5 Å². The summed E-state index contributed by atoms with van der Waals surface area (Å²) in [6.45, 7) is 7.50. The highest BCUT2D eigenvalue weighted by molar-refractivity contribution is 5.76. The van der Waals surface area contributed by atoms with Crippen molar-refractivity contribution >= 4 is 5.91 Å². The minimum atomic E-state index is 0.403. The highest BCUT2D eigenvalue weighted by Crippen LogP contribution is 2.28. The predicted molar refractivity (Wildman–Crippen MR) is 72.9 cm³/mol. The van der Waals surface area contributed by atoms with E-state index in [1.54, 1.807) is 0 Å². The highest BCUT2D eigenvalue weighted by atomic mass is 16.2. The van der Waals surface area contributed by atoms with E-state index in [1.807, 2.05) is 0 Å². The summed E-state index contributed by atoms with van der Waals surface area (Å²) in [6.07, 6.45) is 9.38. The van der Waals surface area contributed by atoms with E-state index in [0.717, 1.165) is 25.8 Å². The van der Waals surface area contributed by atoms with E-state index in [-0.39, 0.29) is 0 Å². The number of unbranched alkanes of at least 4 members (excludes halogenated alkanes) is 1. The first-order valence-corrected chi connectivity index (χ1v) is 7.48. The Labute approximate surface area is 107 Å². The molecule has 17 heavy (non-hydrogen) atoms. The zero-order valence-corrected chi connectivity index (χ0v) is 11.9. The topological polar surface area (TPSA) is 20.3 Å². The van der Waals surface area contributed by atoms with Gasteiger partial charge in [0, 0.05) is 19.0 Å². The number of nitrogens with zero attached hydrogens (tertiary/aromatic N) is 1.